The molecule has 7 N–H and O–H groups in total. The van der Waals surface area contributed by atoms with Crippen LogP contribution in [-0.4, -0.2) is 5.11 Å². The normalized spacial score (nSPS) is 9.91. The first-order valence-electron chi connectivity index (χ1n) is 3.17. The molecule has 0 aliphatic heterocycles. The Morgan fingerprint density at radius 1 is 1.18 bits per heavy atom. The Morgan fingerprint density at radius 3 is 2.27 bits per heavy atom. The van der Waals surface area contributed by atoms with E-state index in [9.17, 15) is 5.11 Å². The van der Waals surface area contributed by atoms with Gasteiger partial charge in [-0.05, 0) is 18.6 Å². The number of nitrogens with two attached hydrogens (primary N) is 3. The average molecular weight is 153 g/mol. The second-order valence-corrected chi connectivity index (χ2v) is 2.46. The summed E-state index contributed by atoms with van der Waals surface area (Å²) in [5, 5.41) is 9.25. The summed E-state index contributed by atoms with van der Waals surface area (Å²) in [4.78, 5) is 0. The third-order valence-corrected chi connectivity index (χ3v) is 1.60. The Labute approximate surface area is 64.6 Å². The number of phenols is 1. The largest absolute Gasteiger partial charge is 0.505 e. The lowest BCUT2D eigenvalue weighted by Gasteiger charge is -2.08. The lowest BCUT2D eigenvalue weighted by molar-refractivity contribution is 0.474. The van der Waals surface area contributed by atoms with Crippen LogP contribution >= 0.6 is 0 Å². The van der Waals surface area contributed by atoms with E-state index in [1.165, 1.54) is 0 Å². The van der Waals surface area contributed by atoms with Gasteiger partial charge in [-0.2, -0.15) is 0 Å². The third-order valence-electron chi connectivity index (χ3n) is 1.60. The van der Waals surface area contributed by atoms with E-state index >= 15 is 0 Å². The quantitative estimate of drug-likeness (QED) is 0.247. The lowest BCUT2D eigenvalue weighted by atomic mass is 10.1. The summed E-state index contributed by atoms with van der Waals surface area (Å²) in [6.45, 7) is 1.71. The van der Waals surface area contributed by atoms with Gasteiger partial charge in [-0.3, -0.25) is 0 Å². The molecule has 0 aromatic heterocycles. The average Bonchev–Trinajstić information content (AvgIpc) is 1.97. The van der Waals surface area contributed by atoms with E-state index in [1.807, 2.05) is 0 Å². The van der Waals surface area contributed by atoms with E-state index in [4.69, 9.17) is 17.2 Å². The highest BCUT2D eigenvalue weighted by Gasteiger charge is 2.07. The van der Waals surface area contributed by atoms with Gasteiger partial charge >= 0.3 is 0 Å². The number of anilines is 3. The van der Waals surface area contributed by atoms with Crippen molar-refractivity contribution in [2.24, 2.45) is 0 Å². The van der Waals surface area contributed by atoms with Crippen LogP contribution in [0.25, 0.3) is 0 Å². The van der Waals surface area contributed by atoms with Crippen molar-refractivity contribution in [2.75, 3.05) is 17.2 Å². The molecule has 0 saturated carbocycles. The van der Waals surface area contributed by atoms with Gasteiger partial charge in [-0.1, -0.05) is 0 Å². The Hall–Kier alpha value is -1.58. The smallest absolute Gasteiger partial charge is 0.143 e. The number of benzene rings is 1. The summed E-state index contributed by atoms with van der Waals surface area (Å²) in [6, 6.07) is 1.58. The zero-order chi connectivity index (χ0) is 8.59. The summed E-state index contributed by atoms with van der Waals surface area (Å²) in [7, 11) is 0. The molecule has 0 heterocycles. The maximum atomic E-state index is 9.25. The van der Waals surface area contributed by atoms with E-state index < -0.39 is 0 Å². The minimum absolute atomic E-state index is 0.0108. The second kappa shape index (κ2) is 2.23. The fourth-order valence-corrected chi connectivity index (χ4v) is 0.875. The van der Waals surface area contributed by atoms with Crippen molar-refractivity contribution in [1.82, 2.24) is 0 Å². The molecule has 1 aromatic carbocycles. The molecule has 0 aliphatic rings. The fourth-order valence-electron chi connectivity index (χ4n) is 0.875. The molecule has 0 saturated heterocycles. The number of rotatable bonds is 0. The minimum atomic E-state index is 0.0108. The zero-order valence-corrected chi connectivity index (χ0v) is 6.26. The molecular weight excluding hydrogens is 142 g/mol. The lowest BCUT2D eigenvalue weighted by Crippen LogP contribution is -2.01. The standard InChI is InChI=1S/C7H11N3O/c1-3-2-4(8)5(9)6(10)7(3)11/h2,11H,8-10H2,1H3. The Bertz CT molecular complexity index is 270. The number of aryl methyl sites for hydroxylation is 1. The summed E-state index contributed by atoms with van der Waals surface area (Å²) in [6.07, 6.45) is 0. The van der Waals surface area contributed by atoms with Gasteiger partial charge in [0.25, 0.3) is 0 Å². The highest BCUT2D eigenvalue weighted by molar-refractivity contribution is 5.83. The highest BCUT2D eigenvalue weighted by atomic mass is 16.3. The maximum Gasteiger partial charge on any atom is 0.143 e. The Morgan fingerprint density at radius 2 is 1.73 bits per heavy atom. The molecule has 4 nitrogen and oxygen atoms in total. The molecule has 4 heteroatoms. The summed E-state index contributed by atoms with van der Waals surface area (Å²) >= 11 is 0. The van der Waals surface area contributed by atoms with Crippen LogP contribution < -0.4 is 17.2 Å². The van der Waals surface area contributed by atoms with E-state index in [0.717, 1.165) is 0 Å². The summed E-state index contributed by atoms with van der Waals surface area (Å²) in [5.41, 5.74) is 17.8. The SMILES string of the molecule is Cc1cc(N)c(N)c(N)c1O. The predicted molar refractivity (Wildman–Crippen MR) is 46.1 cm³/mol. The van der Waals surface area contributed by atoms with Crippen molar-refractivity contribution in [2.45, 2.75) is 6.92 Å². The molecule has 0 atom stereocenters. The molecule has 0 amide bonds. The zero-order valence-electron chi connectivity index (χ0n) is 6.26. The summed E-state index contributed by atoms with van der Waals surface area (Å²) < 4.78 is 0. The van der Waals surface area contributed by atoms with Gasteiger partial charge < -0.3 is 22.3 Å². The van der Waals surface area contributed by atoms with Gasteiger partial charge in [0, 0.05) is 0 Å². The third kappa shape index (κ3) is 1.02. The molecule has 60 valence electrons. The van der Waals surface area contributed by atoms with Crippen molar-refractivity contribution < 1.29 is 5.11 Å². The van der Waals surface area contributed by atoms with E-state index in [0.29, 0.717) is 11.3 Å². The van der Waals surface area contributed by atoms with Crippen molar-refractivity contribution >= 4 is 17.1 Å². The molecule has 0 fully saturated rings. The second-order valence-electron chi connectivity index (χ2n) is 2.46. The van der Waals surface area contributed by atoms with Gasteiger partial charge in [0.05, 0.1) is 17.1 Å². The topological polar surface area (TPSA) is 98.3 Å². The molecule has 1 rings (SSSR count). The van der Waals surface area contributed by atoms with Gasteiger partial charge in [0.15, 0.2) is 0 Å². The van der Waals surface area contributed by atoms with Crippen molar-refractivity contribution in [3.63, 3.8) is 0 Å². The molecule has 0 bridgehead atoms. The molecule has 0 spiro atoms. The number of phenolic OH excluding ortho intramolecular Hbond substituents is 1. The van der Waals surface area contributed by atoms with Gasteiger partial charge in [-0.15, -0.1) is 0 Å². The van der Waals surface area contributed by atoms with Gasteiger partial charge in [0.2, 0.25) is 0 Å². The van der Waals surface area contributed by atoms with Crippen LogP contribution in [-0.2, 0) is 0 Å². The number of hydrogen-bond acceptors (Lipinski definition) is 4. The van der Waals surface area contributed by atoms with Crippen molar-refractivity contribution in [3.8, 4) is 5.75 Å². The summed E-state index contributed by atoms with van der Waals surface area (Å²) in [5.74, 6) is 0.0108. The maximum absolute atomic E-state index is 9.25. The van der Waals surface area contributed by atoms with E-state index in [2.05, 4.69) is 0 Å². The number of aromatic hydroxyl groups is 1. The predicted octanol–water partition coefficient (Wildman–Crippen LogP) is 0.447. The monoisotopic (exact) mass is 153 g/mol. The van der Waals surface area contributed by atoms with E-state index in [1.54, 1.807) is 13.0 Å². The Kier molecular flexibility index (Phi) is 1.53. The van der Waals surface area contributed by atoms with Crippen molar-refractivity contribution in [3.05, 3.63) is 11.6 Å². The molecular formula is C7H11N3O. The molecule has 0 unspecified atom stereocenters. The van der Waals surface area contributed by atoms with Crippen LogP contribution in [0.4, 0.5) is 17.1 Å². The van der Waals surface area contributed by atoms with Gasteiger partial charge in [0.1, 0.15) is 5.75 Å². The van der Waals surface area contributed by atoms with Crippen LogP contribution in [0.1, 0.15) is 5.56 Å². The molecule has 0 aliphatic carbocycles. The van der Waals surface area contributed by atoms with Crippen LogP contribution in [0.15, 0.2) is 6.07 Å². The first kappa shape index (κ1) is 7.53. The fraction of sp³-hybridized carbons (Fsp3) is 0.143. The van der Waals surface area contributed by atoms with Crippen LogP contribution in [0, 0.1) is 6.92 Å². The molecule has 11 heavy (non-hydrogen) atoms. The molecule has 1 aromatic rings. The van der Waals surface area contributed by atoms with Gasteiger partial charge in [-0.25, -0.2) is 0 Å². The number of nitrogen functional groups attached to an aromatic ring is 3. The van der Waals surface area contributed by atoms with Crippen molar-refractivity contribution in [1.29, 1.82) is 0 Å². The number of hydrogen-bond donors (Lipinski definition) is 4. The Balaban J connectivity index is 3.46. The first-order chi connectivity index (χ1) is 5.04. The molecule has 0 radical (unpaired) electrons. The van der Waals surface area contributed by atoms with Crippen LogP contribution in [0.2, 0.25) is 0 Å². The highest BCUT2D eigenvalue weighted by Crippen LogP contribution is 2.34. The van der Waals surface area contributed by atoms with E-state index in [-0.39, 0.29) is 17.1 Å². The van der Waals surface area contributed by atoms with Crippen LogP contribution in [0.3, 0.4) is 0 Å². The first-order valence-corrected chi connectivity index (χ1v) is 3.17. The minimum Gasteiger partial charge on any atom is -0.505 e. The van der Waals surface area contributed by atoms with Crippen LogP contribution in [0.5, 0.6) is 5.75 Å².